The number of hydrogen-bond acceptors (Lipinski definition) is 10. The van der Waals surface area contributed by atoms with E-state index < -0.39 is 40.3 Å². The lowest BCUT2D eigenvalue weighted by molar-refractivity contribution is -0.178. The number of aromatic nitrogens is 1. The third-order valence-corrected chi connectivity index (χ3v) is 5.25. The van der Waals surface area contributed by atoms with E-state index in [9.17, 15) is 22.8 Å². The number of carbonyl (C=O) groups excluding carboxylic acids is 3. The van der Waals surface area contributed by atoms with E-state index in [2.05, 4.69) is 25.6 Å². The van der Waals surface area contributed by atoms with E-state index in [1.54, 1.807) is 0 Å². The molecule has 1 atom stereocenters. The van der Waals surface area contributed by atoms with Crippen molar-refractivity contribution in [1.82, 2.24) is 14.6 Å². The summed E-state index contributed by atoms with van der Waals surface area (Å²) in [4.78, 5) is 44.5. The summed E-state index contributed by atoms with van der Waals surface area (Å²) in [6.45, 7) is -0.652. The second kappa shape index (κ2) is 8.36. The van der Waals surface area contributed by atoms with Gasteiger partial charge in [0, 0.05) is 12.5 Å². The van der Waals surface area contributed by atoms with E-state index in [1.807, 2.05) is 0 Å². The van der Waals surface area contributed by atoms with Crippen LogP contribution in [0.15, 0.2) is 10.5 Å². The molecule has 0 aromatic carbocycles. The molecule has 1 unspecified atom stereocenters. The maximum absolute atomic E-state index is 12.6. The van der Waals surface area contributed by atoms with Crippen LogP contribution in [-0.4, -0.2) is 78.1 Å². The molecule has 0 spiro atoms. The van der Waals surface area contributed by atoms with Gasteiger partial charge < -0.3 is 20.2 Å². The molecule has 2 heterocycles. The smallest absolute Gasteiger partial charge is 0.362 e. The van der Waals surface area contributed by atoms with Crippen molar-refractivity contribution < 1.29 is 36.9 Å². The number of methoxy groups -OCH3 is 1. The fourth-order valence-corrected chi connectivity index (χ4v) is 3.55. The zero-order chi connectivity index (χ0) is 21.1. The van der Waals surface area contributed by atoms with Gasteiger partial charge >= 0.3 is 10.3 Å². The number of hydrogen-bond donors (Lipinski definition) is 3. The normalized spacial score (nSPS) is 19.8. The van der Waals surface area contributed by atoms with Crippen molar-refractivity contribution in [3.8, 4) is 0 Å². The zero-order valence-corrected chi connectivity index (χ0v) is 16.7. The number of halogens is 1. The first-order valence-electron chi connectivity index (χ1n) is 7.18. The minimum Gasteiger partial charge on any atom is -0.398 e. The Morgan fingerprint density at radius 3 is 2.68 bits per heavy atom. The summed E-state index contributed by atoms with van der Waals surface area (Å²) in [5.74, 6) is -2.98. The van der Waals surface area contributed by atoms with Crippen LogP contribution in [0.25, 0.3) is 0 Å². The first-order chi connectivity index (χ1) is 13.1. The minimum atomic E-state index is -4.79. The summed E-state index contributed by atoms with van der Waals surface area (Å²) in [6.07, 6.45) is 0. The van der Waals surface area contributed by atoms with Crippen molar-refractivity contribution in [3.05, 3.63) is 11.1 Å². The summed E-state index contributed by atoms with van der Waals surface area (Å²) in [5, 5.41) is 9.64. The lowest BCUT2D eigenvalue weighted by Crippen LogP contribution is -2.76. The van der Waals surface area contributed by atoms with E-state index in [1.165, 1.54) is 5.38 Å². The Balaban J connectivity index is 2.21. The highest BCUT2D eigenvalue weighted by Gasteiger charge is 2.59. The molecule has 154 valence electrons. The number of oxime groups is 1. The average Bonchev–Trinajstić information content (AvgIpc) is 3.08. The molecule has 0 aliphatic carbocycles. The molecule has 3 N–H and O–H groups in total. The Bertz CT molecular complexity index is 932. The van der Waals surface area contributed by atoms with E-state index >= 15 is 0 Å². The highest BCUT2D eigenvalue weighted by molar-refractivity contribution is 7.84. The van der Waals surface area contributed by atoms with Gasteiger partial charge in [-0.1, -0.05) is 5.16 Å². The van der Waals surface area contributed by atoms with E-state index in [0.29, 0.717) is 0 Å². The number of carbonyl (C=O) groups is 3. The Hall–Kier alpha value is -2.33. The third kappa shape index (κ3) is 4.39. The van der Waals surface area contributed by atoms with Crippen LogP contribution in [0.4, 0.5) is 5.13 Å². The van der Waals surface area contributed by atoms with Crippen molar-refractivity contribution in [2.75, 3.05) is 32.0 Å². The Morgan fingerprint density at radius 1 is 1.50 bits per heavy atom. The van der Waals surface area contributed by atoms with Crippen LogP contribution in [0.5, 0.6) is 0 Å². The van der Waals surface area contributed by atoms with Crippen LogP contribution in [0.2, 0.25) is 0 Å². The largest absolute Gasteiger partial charge is 0.398 e. The Kier molecular flexibility index (Phi) is 6.56. The predicted octanol–water partition coefficient (Wildman–Crippen LogP) is -1.23. The van der Waals surface area contributed by atoms with Crippen molar-refractivity contribution in [3.63, 3.8) is 0 Å². The number of nitrogens with zero attached hydrogens (tertiary/aromatic N) is 3. The number of thiazole rings is 1. The number of amides is 3. The monoisotopic (exact) mass is 455 g/mol. The van der Waals surface area contributed by atoms with Crippen molar-refractivity contribution >= 4 is 61.8 Å². The number of rotatable bonds is 8. The summed E-state index contributed by atoms with van der Waals surface area (Å²) in [7, 11) is -2.56. The summed E-state index contributed by atoms with van der Waals surface area (Å²) in [6, 6.07) is 0. The fraction of sp³-hybridized carbons (Fsp3) is 0.417. The van der Waals surface area contributed by atoms with Crippen LogP contribution >= 0.6 is 22.9 Å². The Labute approximate surface area is 167 Å². The topological polar surface area (TPSA) is 177 Å². The van der Waals surface area contributed by atoms with Crippen LogP contribution in [0.3, 0.4) is 0 Å². The van der Waals surface area contributed by atoms with Crippen LogP contribution < -0.4 is 10.6 Å². The molecule has 1 aliphatic heterocycles. The Morgan fingerprint density at radius 2 is 2.18 bits per heavy atom. The number of anilines is 1. The molecular weight excluding hydrogens is 442 g/mol. The second-order valence-corrected chi connectivity index (χ2v) is 7.58. The summed E-state index contributed by atoms with van der Waals surface area (Å²) < 4.78 is 36.2. The van der Waals surface area contributed by atoms with Crippen molar-refractivity contribution in [1.29, 1.82) is 0 Å². The second-order valence-electron chi connectivity index (χ2n) is 5.12. The molecule has 1 aromatic heterocycles. The molecule has 13 nitrogen and oxygen atoms in total. The summed E-state index contributed by atoms with van der Waals surface area (Å²) in [5.41, 5.74) is -2.40. The maximum atomic E-state index is 12.6. The number of alkyl halides is 1. The van der Waals surface area contributed by atoms with E-state index in [0.717, 1.165) is 25.6 Å². The molecule has 0 radical (unpaired) electrons. The predicted molar refractivity (Wildman–Crippen MR) is 96.2 cm³/mol. The lowest BCUT2D eigenvalue weighted by atomic mass is 10.1. The molecule has 1 fully saturated rings. The third-order valence-electron chi connectivity index (χ3n) is 3.39. The SMILES string of the molecule is CON=C(C(=O)NC1(OC)CN(S(=O)(=O)O)C1=O)c1csc(NC(=O)CCl)n1. The van der Waals surface area contributed by atoms with Gasteiger partial charge in [0.25, 0.3) is 11.8 Å². The first-order valence-corrected chi connectivity index (χ1v) is 9.99. The molecule has 16 heteroatoms. The molecule has 1 aromatic rings. The summed E-state index contributed by atoms with van der Waals surface area (Å²) >= 11 is 6.36. The van der Waals surface area contributed by atoms with Gasteiger partial charge in [0.1, 0.15) is 18.7 Å². The van der Waals surface area contributed by atoms with E-state index in [-0.39, 0.29) is 26.7 Å². The highest BCUT2D eigenvalue weighted by atomic mass is 35.5. The number of β-lactam (4-membered cyclic amide) rings is 1. The quantitative estimate of drug-likeness (QED) is 0.108. The van der Waals surface area contributed by atoms with Gasteiger partial charge in [0.05, 0.1) is 6.54 Å². The van der Waals surface area contributed by atoms with Crippen molar-refractivity contribution in [2.45, 2.75) is 5.72 Å². The highest BCUT2D eigenvalue weighted by Crippen LogP contribution is 2.26. The molecule has 0 saturated carbocycles. The molecule has 28 heavy (non-hydrogen) atoms. The molecule has 3 amide bonds. The van der Waals surface area contributed by atoms with Gasteiger partial charge in [-0.15, -0.1) is 22.9 Å². The van der Waals surface area contributed by atoms with Crippen molar-refractivity contribution in [2.24, 2.45) is 5.16 Å². The van der Waals surface area contributed by atoms with Gasteiger partial charge in [-0.2, -0.15) is 8.42 Å². The maximum Gasteiger partial charge on any atom is 0.362 e. The van der Waals surface area contributed by atoms with E-state index in [4.69, 9.17) is 20.9 Å². The number of ether oxygens (including phenoxy) is 1. The molecule has 1 saturated heterocycles. The molecule has 0 bridgehead atoms. The van der Waals surface area contributed by atoms with Gasteiger partial charge in [-0.05, 0) is 0 Å². The minimum absolute atomic E-state index is 0.00103. The lowest BCUT2D eigenvalue weighted by Gasteiger charge is -2.44. The first kappa shape index (κ1) is 22.0. The number of nitrogens with one attached hydrogen (secondary N) is 2. The van der Waals surface area contributed by atoms with Gasteiger partial charge in [0.15, 0.2) is 10.8 Å². The fourth-order valence-electron chi connectivity index (χ4n) is 2.07. The standard InChI is InChI=1S/C12H14ClN5O8S2/c1-25-12(5-18(10(12)21)28(22,23)24)16-9(20)8(17-26-2)6-4-27-11(14-6)15-7(19)3-13/h4H,3,5H2,1-2H3,(H,16,20)(H,14,15,19)(H,22,23,24). The average molecular weight is 456 g/mol. The van der Waals surface area contributed by atoms with Crippen LogP contribution in [0, 0.1) is 0 Å². The van der Waals surface area contributed by atoms with Gasteiger partial charge in [-0.25, -0.2) is 9.29 Å². The van der Waals surface area contributed by atoms with Crippen LogP contribution in [0.1, 0.15) is 5.69 Å². The van der Waals surface area contributed by atoms with Gasteiger partial charge in [-0.3, -0.25) is 18.9 Å². The van der Waals surface area contributed by atoms with Gasteiger partial charge in [0.2, 0.25) is 11.6 Å². The van der Waals surface area contributed by atoms with Crippen LogP contribution in [-0.2, 0) is 34.3 Å². The molecule has 2 rings (SSSR count). The molecule has 1 aliphatic rings. The molecular formula is C12H14ClN5O8S2. The zero-order valence-electron chi connectivity index (χ0n) is 14.3.